The van der Waals surface area contributed by atoms with Crippen LogP contribution in [0.15, 0.2) is 23.1 Å². The molecule has 0 bridgehead atoms. The molecule has 0 saturated carbocycles. The van der Waals surface area contributed by atoms with Gasteiger partial charge in [-0.2, -0.15) is 0 Å². The largest absolute Gasteiger partial charge is 0.224 e. The predicted octanol–water partition coefficient (Wildman–Crippen LogP) is 3.11. The van der Waals surface area contributed by atoms with E-state index >= 15 is 0 Å². The molecule has 0 amide bonds. The van der Waals surface area contributed by atoms with E-state index in [0.29, 0.717) is 10.2 Å². The number of alkyl halides is 1. The molecule has 0 saturated heterocycles. The first-order chi connectivity index (χ1) is 7.36. The highest BCUT2D eigenvalue weighted by molar-refractivity contribution is 9.09. The standard InChI is InChI=1S/C12H17BrO2S/c1-9-4-5-11(3)12(6-9)16(14,15)8-10(2)7-13/h4-6,10H,7-8H2,1-3H3. The van der Waals surface area contributed by atoms with E-state index in [4.69, 9.17) is 0 Å². The Labute approximate surface area is 106 Å². The van der Waals surface area contributed by atoms with Crippen LogP contribution in [0.25, 0.3) is 0 Å². The van der Waals surface area contributed by atoms with Gasteiger partial charge in [0.2, 0.25) is 0 Å². The number of aryl methyl sites for hydroxylation is 2. The van der Waals surface area contributed by atoms with E-state index in [1.807, 2.05) is 32.9 Å². The van der Waals surface area contributed by atoms with Crippen LogP contribution < -0.4 is 0 Å². The molecule has 0 fully saturated rings. The lowest BCUT2D eigenvalue weighted by molar-refractivity contribution is 0.583. The zero-order chi connectivity index (χ0) is 12.3. The molecule has 16 heavy (non-hydrogen) atoms. The van der Waals surface area contributed by atoms with Crippen molar-refractivity contribution in [3.63, 3.8) is 0 Å². The summed E-state index contributed by atoms with van der Waals surface area (Å²) < 4.78 is 24.3. The molecular weight excluding hydrogens is 288 g/mol. The van der Waals surface area contributed by atoms with Gasteiger partial charge < -0.3 is 0 Å². The van der Waals surface area contributed by atoms with Crippen molar-refractivity contribution in [3.05, 3.63) is 29.3 Å². The molecule has 0 aliphatic heterocycles. The topological polar surface area (TPSA) is 34.1 Å². The fourth-order valence-electron chi connectivity index (χ4n) is 1.55. The fraction of sp³-hybridized carbons (Fsp3) is 0.500. The van der Waals surface area contributed by atoms with Crippen LogP contribution in [0.3, 0.4) is 0 Å². The van der Waals surface area contributed by atoms with E-state index in [1.165, 1.54) is 0 Å². The van der Waals surface area contributed by atoms with Crippen LogP contribution in [0.5, 0.6) is 0 Å². The number of hydrogen-bond donors (Lipinski definition) is 0. The maximum absolute atomic E-state index is 12.2. The van der Waals surface area contributed by atoms with Gasteiger partial charge in [-0.3, -0.25) is 0 Å². The maximum Gasteiger partial charge on any atom is 0.178 e. The SMILES string of the molecule is Cc1ccc(C)c(S(=O)(=O)CC(C)CBr)c1. The summed E-state index contributed by atoms with van der Waals surface area (Å²) in [5, 5.41) is 0.705. The summed E-state index contributed by atoms with van der Waals surface area (Å²) in [6.07, 6.45) is 0. The molecule has 0 spiro atoms. The molecule has 0 radical (unpaired) electrons. The van der Waals surface area contributed by atoms with Crippen LogP contribution in [0.4, 0.5) is 0 Å². The van der Waals surface area contributed by atoms with Gasteiger partial charge in [0.1, 0.15) is 0 Å². The van der Waals surface area contributed by atoms with E-state index in [0.717, 1.165) is 11.1 Å². The summed E-state index contributed by atoms with van der Waals surface area (Å²) in [4.78, 5) is 0.473. The van der Waals surface area contributed by atoms with Crippen LogP contribution >= 0.6 is 15.9 Å². The van der Waals surface area contributed by atoms with E-state index in [2.05, 4.69) is 15.9 Å². The molecule has 1 atom stereocenters. The van der Waals surface area contributed by atoms with E-state index in [-0.39, 0.29) is 11.7 Å². The fourth-order valence-corrected chi connectivity index (χ4v) is 4.05. The summed E-state index contributed by atoms with van der Waals surface area (Å²) in [7, 11) is -3.15. The zero-order valence-electron chi connectivity index (χ0n) is 9.83. The molecule has 1 aromatic rings. The minimum absolute atomic E-state index is 0.130. The Hall–Kier alpha value is -0.350. The van der Waals surface area contributed by atoms with Gasteiger partial charge in [-0.15, -0.1) is 0 Å². The lowest BCUT2D eigenvalue weighted by Crippen LogP contribution is -2.16. The number of hydrogen-bond acceptors (Lipinski definition) is 2. The second kappa shape index (κ2) is 5.32. The number of rotatable bonds is 4. The van der Waals surface area contributed by atoms with Gasteiger partial charge in [-0.25, -0.2) is 8.42 Å². The lowest BCUT2D eigenvalue weighted by Gasteiger charge is -2.11. The van der Waals surface area contributed by atoms with Crippen LogP contribution in [0.2, 0.25) is 0 Å². The molecule has 0 N–H and O–H groups in total. The lowest BCUT2D eigenvalue weighted by atomic mass is 10.2. The molecule has 4 heteroatoms. The van der Waals surface area contributed by atoms with E-state index < -0.39 is 9.84 Å². The van der Waals surface area contributed by atoms with E-state index in [9.17, 15) is 8.42 Å². The van der Waals surface area contributed by atoms with Crippen molar-refractivity contribution < 1.29 is 8.42 Å². The summed E-state index contributed by atoms with van der Waals surface area (Å²) in [5.74, 6) is 0.327. The highest BCUT2D eigenvalue weighted by Gasteiger charge is 2.19. The average molecular weight is 305 g/mol. The van der Waals surface area contributed by atoms with Crippen molar-refractivity contribution in [1.82, 2.24) is 0 Å². The smallest absolute Gasteiger partial charge is 0.178 e. The van der Waals surface area contributed by atoms with Crippen molar-refractivity contribution in [1.29, 1.82) is 0 Å². The van der Waals surface area contributed by atoms with Gasteiger partial charge in [0.25, 0.3) is 0 Å². The second-order valence-corrected chi connectivity index (χ2v) is 6.96. The molecule has 1 aromatic carbocycles. The van der Waals surface area contributed by atoms with Crippen molar-refractivity contribution in [2.24, 2.45) is 5.92 Å². The summed E-state index contributed by atoms with van der Waals surface area (Å²) >= 11 is 3.31. The van der Waals surface area contributed by atoms with E-state index in [1.54, 1.807) is 6.07 Å². The highest BCUT2D eigenvalue weighted by Crippen LogP contribution is 2.20. The van der Waals surface area contributed by atoms with Gasteiger partial charge in [0.05, 0.1) is 10.6 Å². The first-order valence-corrected chi connectivity index (χ1v) is 8.00. The van der Waals surface area contributed by atoms with Gasteiger partial charge in [-0.1, -0.05) is 35.0 Å². The van der Waals surface area contributed by atoms with Crippen molar-refractivity contribution in [2.75, 3.05) is 11.1 Å². The summed E-state index contributed by atoms with van der Waals surface area (Å²) in [6.45, 7) is 5.68. The van der Waals surface area contributed by atoms with Crippen molar-refractivity contribution >= 4 is 25.8 Å². The Balaban J connectivity index is 3.12. The average Bonchev–Trinajstić information content (AvgIpc) is 2.20. The molecule has 0 heterocycles. The zero-order valence-corrected chi connectivity index (χ0v) is 12.2. The molecule has 2 nitrogen and oxygen atoms in total. The van der Waals surface area contributed by atoms with Crippen molar-refractivity contribution in [2.45, 2.75) is 25.7 Å². The first-order valence-electron chi connectivity index (χ1n) is 5.23. The number of halogens is 1. The third-order valence-electron chi connectivity index (χ3n) is 2.45. The van der Waals surface area contributed by atoms with Gasteiger partial charge in [0.15, 0.2) is 9.84 Å². The normalized spacial score (nSPS) is 13.8. The molecule has 1 rings (SSSR count). The minimum atomic E-state index is -3.15. The molecule has 0 aromatic heterocycles. The molecule has 90 valence electrons. The molecular formula is C12H17BrO2S. The van der Waals surface area contributed by atoms with Crippen LogP contribution in [0.1, 0.15) is 18.1 Å². The Bertz CT molecular complexity index is 466. The quantitative estimate of drug-likeness (QED) is 0.801. The molecule has 0 aliphatic rings. The van der Waals surface area contributed by atoms with Gasteiger partial charge in [0, 0.05) is 5.33 Å². The molecule has 0 aliphatic carbocycles. The Morgan fingerprint density at radius 3 is 2.50 bits per heavy atom. The third kappa shape index (κ3) is 3.32. The Kier molecular flexibility index (Phi) is 4.56. The Morgan fingerprint density at radius 1 is 1.31 bits per heavy atom. The van der Waals surface area contributed by atoms with Crippen LogP contribution in [0, 0.1) is 19.8 Å². The third-order valence-corrected chi connectivity index (χ3v) is 5.67. The maximum atomic E-state index is 12.2. The monoisotopic (exact) mass is 304 g/mol. The first kappa shape index (κ1) is 13.7. The van der Waals surface area contributed by atoms with Crippen molar-refractivity contribution in [3.8, 4) is 0 Å². The van der Waals surface area contributed by atoms with Crippen LogP contribution in [-0.2, 0) is 9.84 Å². The van der Waals surface area contributed by atoms with Crippen LogP contribution in [-0.4, -0.2) is 19.5 Å². The minimum Gasteiger partial charge on any atom is -0.224 e. The highest BCUT2D eigenvalue weighted by atomic mass is 79.9. The summed E-state index contributed by atoms with van der Waals surface area (Å²) in [5.41, 5.74) is 1.81. The molecule has 1 unspecified atom stereocenters. The number of sulfone groups is 1. The van der Waals surface area contributed by atoms with Gasteiger partial charge >= 0.3 is 0 Å². The second-order valence-electron chi connectivity index (χ2n) is 4.31. The predicted molar refractivity (Wildman–Crippen MR) is 70.9 cm³/mol. The number of benzene rings is 1. The Morgan fingerprint density at radius 2 is 1.94 bits per heavy atom. The summed E-state index contributed by atoms with van der Waals surface area (Å²) in [6, 6.07) is 5.55. The van der Waals surface area contributed by atoms with Gasteiger partial charge in [-0.05, 0) is 37.0 Å².